The van der Waals surface area contributed by atoms with Gasteiger partial charge >= 0.3 is 12.1 Å². The lowest BCUT2D eigenvalue weighted by molar-refractivity contribution is -0.138. The number of ether oxygens (including phenoxy) is 1. The number of carbonyl (C=O) groups excluding carboxylic acids is 2. The summed E-state index contributed by atoms with van der Waals surface area (Å²) in [6.45, 7) is 0.289. The Balaban J connectivity index is 1.05. The van der Waals surface area contributed by atoms with Crippen molar-refractivity contribution >= 4 is 18.0 Å². The second-order valence-corrected chi connectivity index (χ2v) is 10.2. The topological polar surface area (TPSA) is 105 Å². The summed E-state index contributed by atoms with van der Waals surface area (Å²) < 4.78 is 5.62. The number of benzene rings is 2. The molecule has 0 unspecified atom stereocenters. The number of hydrogen-bond donors (Lipinski definition) is 3. The summed E-state index contributed by atoms with van der Waals surface area (Å²) in [5.41, 5.74) is 4.77. The summed E-state index contributed by atoms with van der Waals surface area (Å²) in [7, 11) is 0. The van der Waals surface area contributed by atoms with Crippen molar-refractivity contribution in [3.63, 3.8) is 0 Å². The van der Waals surface area contributed by atoms with Crippen LogP contribution in [0.5, 0.6) is 0 Å². The van der Waals surface area contributed by atoms with Gasteiger partial charge < -0.3 is 20.5 Å². The van der Waals surface area contributed by atoms with Crippen LogP contribution in [-0.4, -0.2) is 41.8 Å². The highest BCUT2D eigenvalue weighted by molar-refractivity contribution is 5.79. The molecule has 2 aromatic rings. The molecule has 3 aliphatic carbocycles. The van der Waals surface area contributed by atoms with Gasteiger partial charge in [0.1, 0.15) is 6.61 Å². The van der Waals surface area contributed by atoms with E-state index >= 15 is 0 Å². The van der Waals surface area contributed by atoms with Gasteiger partial charge in [0.05, 0.1) is 6.42 Å². The Kier molecular flexibility index (Phi) is 6.75. The van der Waals surface area contributed by atoms with Crippen LogP contribution in [0, 0.1) is 11.8 Å². The highest BCUT2D eigenvalue weighted by Crippen LogP contribution is 2.44. The molecule has 0 saturated heterocycles. The molecule has 35 heavy (non-hydrogen) atoms. The summed E-state index contributed by atoms with van der Waals surface area (Å²) in [4.78, 5) is 35.9. The lowest BCUT2D eigenvalue weighted by atomic mass is 9.78. The lowest BCUT2D eigenvalue weighted by Gasteiger charge is -2.35. The predicted molar refractivity (Wildman–Crippen MR) is 131 cm³/mol. The molecule has 2 aromatic carbocycles. The van der Waals surface area contributed by atoms with Gasteiger partial charge in [0.2, 0.25) is 5.91 Å². The van der Waals surface area contributed by atoms with Crippen molar-refractivity contribution in [2.24, 2.45) is 11.8 Å². The molecular weight excluding hydrogens is 444 g/mol. The second kappa shape index (κ2) is 10.1. The Morgan fingerprint density at radius 3 is 2.20 bits per heavy atom. The number of rotatable bonds is 8. The fourth-order valence-corrected chi connectivity index (χ4v) is 6.05. The van der Waals surface area contributed by atoms with Gasteiger partial charge in [0.25, 0.3) is 0 Å². The Labute approximate surface area is 205 Å². The Morgan fingerprint density at radius 1 is 0.886 bits per heavy atom. The molecule has 2 fully saturated rings. The molecule has 7 heteroatoms. The quantitative estimate of drug-likeness (QED) is 0.522. The maximum absolute atomic E-state index is 12.4. The van der Waals surface area contributed by atoms with E-state index in [4.69, 9.17) is 9.84 Å². The van der Waals surface area contributed by atoms with Crippen LogP contribution in [0.25, 0.3) is 11.1 Å². The molecule has 0 spiro atoms. The molecule has 2 atom stereocenters. The minimum absolute atomic E-state index is 0.0168. The largest absolute Gasteiger partial charge is 0.481 e. The van der Waals surface area contributed by atoms with Crippen LogP contribution in [0.3, 0.4) is 0 Å². The van der Waals surface area contributed by atoms with Crippen LogP contribution in [0.2, 0.25) is 0 Å². The number of aliphatic carboxylic acids is 1. The van der Waals surface area contributed by atoms with Gasteiger partial charge in [-0.2, -0.15) is 0 Å². The molecule has 0 heterocycles. The molecule has 2 saturated carbocycles. The fraction of sp³-hybridized carbons (Fsp3) is 0.464. The van der Waals surface area contributed by atoms with Crippen LogP contribution in [0.4, 0.5) is 4.79 Å². The smallest absolute Gasteiger partial charge is 0.407 e. The zero-order chi connectivity index (χ0) is 24.4. The van der Waals surface area contributed by atoms with Crippen molar-refractivity contribution in [3.05, 3.63) is 59.7 Å². The van der Waals surface area contributed by atoms with Crippen molar-refractivity contribution in [2.45, 2.75) is 62.9 Å². The van der Waals surface area contributed by atoms with Crippen molar-refractivity contribution in [1.29, 1.82) is 0 Å². The normalized spacial score (nSPS) is 24.7. The van der Waals surface area contributed by atoms with Crippen molar-refractivity contribution < 1.29 is 24.2 Å². The minimum atomic E-state index is -0.808. The molecule has 0 bridgehead atoms. The van der Waals surface area contributed by atoms with E-state index < -0.39 is 12.1 Å². The minimum Gasteiger partial charge on any atom is -0.481 e. The molecule has 5 rings (SSSR count). The Hall–Kier alpha value is -3.35. The van der Waals surface area contributed by atoms with Crippen LogP contribution in [0.15, 0.2) is 48.5 Å². The van der Waals surface area contributed by atoms with Gasteiger partial charge in [0.15, 0.2) is 0 Å². The summed E-state index contributed by atoms with van der Waals surface area (Å²) >= 11 is 0. The highest BCUT2D eigenvalue weighted by Gasteiger charge is 2.35. The molecule has 184 valence electrons. The van der Waals surface area contributed by atoms with E-state index in [-0.39, 0.29) is 48.8 Å². The Morgan fingerprint density at radius 2 is 1.54 bits per heavy atom. The predicted octanol–water partition coefficient (Wildman–Crippen LogP) is 4.45. The van der Waals surface area contributed by atoms with Crippen LogP contribution in [-0.2, 0) is 14.3 Å². The van der Waals surface area contributed by atoms with Gasteiger partial charge in [-0.05, 0) is 59.8 Å². The summed E-state index contributed by atoms with van der Waals surface area (Å²) in [5, 5.41) is 15.0. The van der Waals surface area contributed by atoms with E-state index in [0.717, 1.165) is 32.1 Å². The average molecular weight is 477 g/mol. The van der Waals surface area contributed by atoms with Gasteiger partial charge in [-0.3, -0.25) is 9.59 Å². The van der Waals surface area contributed by atoms with E-state index in [0.29, 0.717) is 6.42 Å². The van der Waals surface area contributed by atoms with Gasteiger partial charge in [-0.1, -0.05) is 55.0 Å². The lowest BCUT2D eigenvalue weighted by Crippen LogP contribution is -2.47. The number of alkyl carbamates (subject to hydrolysis) is 1. The number of carboxylic acid groups (broad SMARTS) is 1. The number of carboxylic acids is 1. The number of fused-ring (bicyclic) bond motifs is 3. The average Bonchev–Trinajstić information content (AvgIpc) is 3.37. The third-order valence-electron chi connectivity index (χ3n) is 7.82. The van der Waals surface area contributed by atoms with E-state index in [9.17, 15) is 14.4 Å². The maximum Gasteiger partial charge on any atom is 0.407 e. The van der Waals surface area contributed by atoms with Crippen LogP contribution in [0.1, 0.15) is 62.0 Å². The van der Waals surface area contributed by atoms with Crippen molar-refractivity contribution in [1.82, 2.24) is 10.6 Å². The molecule has 2 amide bonds. The molecule has 3 N–H and O–H groups in total. The molecule has 0 aromatic heterocycles. The summed E-state index contributed by atoms with van der Waals surface area (Å²) in [5.74, 6) is -0.533. The SMILES string of the molecule is O=C(O)C[C@@H]1CCC[C@H]1NC(=O)CC1CC(NC(=O)OCC2c3ccccc3-c3ccccc32)C1. The molecule has 0 radical (unpaired) electrons. The van der Waals surface area contributed by atoms with Gasteiger partial charge in [-0.25, -0.2) is 4.79 Å². The van der Waals surface area contributed by atoms with Crippen LogP contribution < -0.4 is 10.6 Å². The Bertz CT molecular complexity index is 1060. The third-order valence-corrected chi connectivity index (χ3v) is 7.82. The van der Waals surface area contributed by atoms with Crippen LogP contribution >= 0.6 is 0 Å². The monoisotopic (exact) mass is 476 g/mol. The molecule has 3 aliphatic rings. The first kappa shape index (κ1) is 23.4. The fourth-order valence-electron chi connectivity index (χ4n) is 6.05. The first-order valence-corrected chi connectivity index (χ1v) is 12.6. The maximum atomic E-state index is 12.4. The van der Waals surface area contributed by atoms with E-state index in [1.54, 1.807) is 0 Å². The summed E-state index contributed by atoms with van der Waals surface area (Å²) in [6, 6.07) is 16.5. The van der Waals surface area contributed by atoms with E-state index in [1.807, 2.05) is 24.3 Å². The van der Waals surface area contributed by atoms with E-state index in [1.165, 1.54) is 22.3 Å². The van der Waals surface area contributed by atoms with Gasteiger partial charge in [0, 0.05) is 24.4 Å². The molecule has 0 aliphatic heterocycles. The second-order valence-electron chi connectivity index (χ2n) is 10.2. The third kappa shape index (κ3) is 5.19. The molecule has 7 nitrogen and oxygen atoms in total. The zero-order valence-electron chi connectivity index (χ0n) is 19.7. The highest BCUT2D eigenvalue weighted by atomic mass is 16.5. The number of carbonyl (C=O) groups is 3. The number of nitrogens with one attached hydrogen (secondary N) is 2. The first-order chi connectivity index (χ1) is 17.0. The zero-order valence-corrected chi connectivity index (χ0v) is 19.7. The van der Waals surface area contributed by atoms with Crippen molar-refractivity contribution in [2.75, 3.05) is 6.61 Å². The number of amides is 2. The standard InChI is InChI=1S/C28H32N2O5/c31-26(30-25-11-5-6-18(25)15-27(32)33)14-17-12-19(13-17)29-28(34)35-16-24-22-9-3-1-7-20(22)21-8-2-4-10-23(21)24/h1-4,7-10,17-19,24-25H,5-6,11-16H2,(H,29,34)(H,30,31)(H,32,33)/t17?,18-,19?,25+/m0/s1. The summed E-state index contributed by atoms with van der Waals surface area (Å²) in [6.07, 6.45) is 4.27. The van der Waals surface area contributed by atoms with Crippen molar-refractivity contribution in [3.8, 4) is 11.1 Å². The first-order valence-electron chi connectivity index (χ1n) is 12.6. The molecular formula is C28H32N2O5. The van der Waals surface area contributed by atoms with E-state index in [2.05, 4.69) is 34.9 Å². The van der Waals surface area contributed by atoms with Gasteiger partial charge in [-0.15, -0.1) is 0 Å². The number of hydrogen-bond acceptors (Lipinski definition) is 4.